The Morgan fingerprint density at radius 2 is 1.97 bits per heavy atom. The van der Waals surface area contributed by atoms with E-state index >= 15 is 0 Å². The van der Waals surface area contributed by atoms with E-state index in [0.29, 0.717) is 23.1 Å². The molecule has 1 saturated carbocycles. The highest BCUT2D eigenvalue weighted by Crippen LogP contribution is 2.36. The van der Waals surface area contributed by atoms with Gasteiger partial charge in [0, 0.05) is 17.5 Å². The second kappa shape index (κ2) is 9.44. The summed E-state index contributed by atoms with van der Waals surface area (Å²) in [5.41, 5.74) is 3.28. The third-order valence-corrected chi connectivity index (χ3v) is 5.92. The van der Waals surface area contributed by atoms with E-state index in [2.05, 4.69) is 27.1 Å². The number of ether oxygens (including phenoxy) is 1. The van der Waals surface area contributed by atoms with E-state index in [-0.39, 0.29) is 5.56 Å². The summed E-state index contributed by atoms with van der Waals surface area (Å²) in [6, 6.07) is 12.2. The first kappa shape index (κ1) is 21.2. The van der Waals surface area contributed by atoms with Crippen LogP contribution in [-0.2, 0) is 0 Å². The molecule has 0 amide bonds. The minimum atomic E-state index is -0.239. The summed E-state index contributed by atoms with van der Waals surface area (Å²) in [4.78, 5) is 19.1. The van der Waals surface area contributed by atoms with E-state index in [1.54, 1.807) is 0 Å². The van der Waals surface area contributed by atoms with Gasteiger partial charge in [0.05, 0.1) is 23.9 Å². The van der Waals surface area contributed by atoms with Gasteiger partial charge in [0.1, 0.15) is 12.1 Å². The maximum atomic E-state index is 13.2. The summed E-state index contributed by atoms with van der Waals surface area (Å²) >= 11 is 0. The second-order valence-corrected chi connectivity index (χ2v) is 8.48. The molecule has 5 rings (SSSR count). The predicted molar refractivity (Wildman–Crippen MR) is 127 cm³/mol. The zero-order chi connectivity index (χ0) is 22.6. The van der Waals surface area contributed by atoms with Crippen LogP contribution in [0.25, 0.3) is 33.9 Å². The summed E-state index contributed by atoms with van der Waals surface area (Å²) < 4.78 is 7.83. The molecule has 1 aliphatic carbocycles. The Bertz CT molecular complexity index is 1250. The molecule has 1 aromatic carbocycles. The first-order chi connectivity index (χ1) is 16.2. The van der Waals surface area contributed by atoms with Gasteiger partial charge in [-0.3, -0.25) is 9.48 Å². The number of benzene rings is 1. The van der Waals surface area contributed by atoms with Gasteiger partial charge in [-0.2, -0.15) is 5.10 Å². The fraction of sp³-hybridized carbons (Fsp3) is 0.360. The average Bonchev–Trinajstić information content (AvgIpc) is 3.32. The van der Waals surface area contributed by atoms with Gasteiger partial charge in [-0.25, -0.2) is 0 Å². The average molecular weight is 445 g/mol. The van der Waals surface area contributed by atoms with Crippen molar-refractivity contribution in [3.05, 3.63) is 59.3 Å². The van der Waals surface area contributed by atoms with Crippen molar-refractivity contribution in [2.24, 2.45) is 0 Å². The number of H-pyrrole nitrogens is 2. The third-order valence-electron chi connectivity index (χ3n) is 5.92. The molecule has 0 bridgehead atoms. The topological polar surface area (TPSA) is 101 Å². The molecule has 0 radical (unpaired) electrons. The standard InChI is InChI=1S/C25H28N6O2/c1-2-3-4-5-14-33-19-10-6-17(7-11-19)22-15-20(21-12-13-31(30-21)18-8-9-18)23(25(32)28-22)24-26-16-27-29-24/h6-7,10-13,15-16,18H,2-5,8-9,14H2,1H3,(H,28,32)(H,26,27,29). The number of hydrogen-bond acceptors (Lipinski definition) is 5. The zero-order valence-corrected chi connectivity index (χ0v) is 18.8. The quantitative estimate of drug-likeness (QED) is 0.336. The molecule has 1 aliphatic rings. The largest absolute Gasteiger partial charge is 0.494 e. The first-order valence-corrected chi connectivity index (χ1v) is 11.7. The van der Waals surface area contributed by atoms with Gasteiger partial charge < -0.3 is 14.7 Å². The summed E-state index contributed by atoms with van der Waals surface area (Å²) in [5.74, 6) is 1.25. The Morgan fingerprint density at radius 1 is 1.12 bits per heavy atom. The van der Waals surface area contributed by atoms with Gasteiger partial charge in [0.2, 0.25) is 0 Å². The van der Waals surface area contributed by atoms with Gasteiger partial charge in [-0.1, -0.05) is 26.2 Å². The highest BCUT2D eigenvalue weighted by Gasteiger charge is 2.25. The van der Waals surface area contributed by atoms with Gasteiger partial charge in [-0.05, 0) is 61.2 Å². The van der Waals surface area contributed by atoms with E-state index in [1.165, 1.54) is 25.6 Å². The number of nitrogens with one attached hydrogen (secondary N) is 2. The number of unbranched alkanes of at least 4 members (excludes halogenated alkanes) is 3. The predicted octanol–water partition coefficient (Wildman–Crippen LogP) is 4.98. The maximum Gasteiger partial charge on any atom is 0.260 e. The summed E-state index contributed by atoms with van der Waals surface area (Å²) in [6.07, 6.45) is 10.4. The van der Waals surface area contributed by atoms with Crippen molar-refractivity contribution in [3.8, 4) is 39.7 Å². The van der Waals surface area contributed by atoms with Gasteiger partial charge in [-0.15, -0.1) is 10.2 Å². The SMILES string of the molecule is CCCCCCOc1ccc(-c2cc(-c3ccn(C4CC4)n3)c(-c3nnc[nH]3)c(=O)[nH]2)cc1. The van der Waals surface area contributed by atoms with Crippen LogP contribution in [0.4, 0.5) is 0 Å². The zero-order valence-electron chi connectivity index (χ0n) is 18.8. The van der Waals surface area contributed by atoms with Crippen molar-refractivity contribution in [1.82, 2.24) is 29.9 Å². The van der Waals surface area contributed by atoms with Crippen LogP contribution in [0.2, 0.25) is 0 Å². The minimum absolute atomic E-state index is 0.239. The van der Waals surface area contributed by atoms with Crippen LogP contribution in [0.15, 0.2) is 53.7 Å². The van der Waals surface area contributed by atoms with Crippen molar-refractivity contribution in [2.75, 3.05) is 6.61 Å². The highest BCUT2D eigenvalue weighted by molar-refractivity contribution is 5.81. The Kier molecular flexibility index (Phi) is 6.06. The summed E-state index contributed by atoms with van der Waals surface area (Å²) in [6.45, 7) is 2.92. The van der Waals surface area contributed by atoms with Crippen molar-refractivity contribution in [2.45, 2.75) is 51.5 Å². The van der Waals surface area contributed by atoms with Crippen LogP contribution in [0, 0.1) is 0 Å². The molecule has 0 spiro atoms. The molecule has 0 saturated heterocycles. The Balaban J connectivity index is 1.45. The molecule has 0 atom stereocenters. The molecule has 4 aromatic rings. The third kappa shape index (κ3) is 4.74. The maximum absolute atomic E-state index is 13.2. The fourth-order valence-corrected chi connectivity index (χ4v) is 3.95. The molecular formula is C25H28N6O2. The smallest absolute Gasteiger partial charge is 0.260 e. The lowest BCUT2D eigenvalue weighted by molar-refractivity contribution is 0.305. The molecule has 1 fully saturated rings. The van der Waals surface area contributed by atoms with E-state index in [9.17, 15) is 4.79 Å². The fourth-order valence-electron chi connectivity index (χ4n) is 3.95. The van der Waals surface area contributed by atoms with Gasteiger partial charge in [0.25, 0.3) is 5.56 Å². The first-order valence-electron chi connectivity index (χ1n) is 11.7. The number of hydrogen-bond donors (Lipinski definition) is 2. The van der Waals surface area contributed by atoms with Crippen LogP contribution < -0.4 is 10.3 Å². The number of rotatable bonds is 10. The lowest BCUT2D eigenvalue weighted by atomic mass is 10.0. The van der Waals surface area contributed by atoms with Crippen molar-refractivity contribution < 1.29 is 4.74 Å². The Morgan fingerprint density at radius 3 is 2.70 bits per heavy atom. The van der Waals surface area contributed by atoms with Gasteiger partial charge >= 0.3 is 0 Å². The molecule has 0 aliphatic heterocycles. The number of pyridine rings is 1. The van der Waals surface area contributed by atoms with E-state index in [0.717, 1.165) is 48.4 Å². The molecule has 3 aromatic heterocycles. The Hall–Kier alpha value is -3.68. The van der Waals surface area contributed by atoms with Crippen LogP contribution in [-0.4, -0.2) is 36.6 Å². The molecular weight excluding hydrogens is 416 g/mol. The highest BCUT2D eigenvalue weighted by atomic mass is 16.5. The van der Waals surface area contributed by atoms with Gasteiger partial charge in [0.15, 0.2) is 5.82 Å². The molecule has 3 heterocycles. The van der Waals surface area contributed by atoms with Crippen molar-refractivity contribution in [1.29, 1.82) is 0 Å². The van der Waals surface area contributed by atoms with Crippen molar-refractivity contribution in [3.63, 3.8) is 0 Å². The molecule has 8 heteroatoms. The monoisotopic (exact) mass is 444 g/mol. The Labute approximate surface area is 192 Å². The van der Waals surface area contributed by atoms with Crippen LogP contribution in [0.3, 0.4) is 0 Å². The molecule has 33 heavy (non-hydrogen) atoms. The van der Waals surface area contributed by atoms with Crippen molar-refractivity contribution >= 4 is 0 Å². The van der Waals surface area contributed by atoms with E-state index < -0.39 is 0 Å². The minimum Gasteiger partial charge on any atom is -0.494 e. The van der Waals surface area contributed by atoms with Crippen LogP contribution >= 0.6 is 0 Å². The second-order valence-electron chi connectivity index (χ2n) is 8.48. The molecule has 2 N–H and O–H groups in total. The molecule has 0 unspecified atom stereocenters. The number of aromatic nitrogens is 6. The lowest BCUT2D eigenvalue weighted by Crippen LogP contribution is -2.13. The summed E-state index contributed by atoms with van der Waals surface area (Å²) in [7, 11) is 0. The molecule has 170 valence electrons. The van der Waals surface area contributed by atoms with Crippen LogP contribution in [0.1, 0.15) is 51.5 Å². The van der Waals surface area contributed by atoms with E-state index in [4.69, 9.17) is 9.84 Å². The summed E-state index contributed by atoms with van der Waals surface area (Å²) in [5, 5.41) is 12.7. The number of nitrogens with zero attached hydrogens (tertiary/aromatic N) is 4. The van der Waals surface area contributed by atoms with E-state index in [1.807, 2.05) is 47.3 Å². The van der Waals surface area contributed by atoms with Crippen LogP contribution in [0.5, 0.6) is 5.75 Å². The lowest BCUT2D eigenvalue weighted by Gasteiger charge is -2.10. The number of aromatic amines is 2. The normalized spacial score (nSPS) is 13.4. The molecule has 8 nitrogen and oxygen atoms in total.